The third kappa shape index (κ3) is 6.87. The van der Waals surface area contributed by atoms with Crippen LogP contribution in [0.15, 0.2) is 53.0 Å². The molecule has 5 nitrogen and oxygen atoms in total. The van der Waals surface area contributed by atoms with Crippen molar-refractivity contribution in [2.24, 2.45) is 0 Å². The van der Waals surface area contributed by atoms with Gasteiger partial charge in [-0.15, -0.1) is 0 Å². The number of amides is 2. The van der Waals surface area contributed by atoms with E-state index in [2.05, 4.69) is 28.2 Å². The fourth-order valence-corrected chi connectivity index (χ4v) is 3.47. The van der Waals surface area contributed by atoms with Gasteiger partial charge in [0.05, 0.1) is 4.47 Å². The molecule has 2 aromatic carbocycles. The van der Waals surface area contributed by atoms with Crippen molar-refractivity contribution in [3.8, 4) is 5.75 Å². The number of benzene rings is 2. The summed E-state index contributed by atoms with van der Waals surface area (Å²) in [5.74, 6) is 0.205. The number of halogens is 1. The molecular weight excluding hydrogens is 444 g/mol. The highest BCUT2D eigenvalue weighted by atomic mass is 79.9. The highest BCUT2D eigenvalue weighted by Crippen LogP contribution is 2.26. The lowest BCUT2D eigenvalue weighted by Gasteiger charge is -2.29. The highest BCUT2D eigenvalue weighted by molar-refractivity contribution is 9.10. The van der Waals surface area contributed by atoms with E-state index in [9.17, 15) is 9.59 Å². The Morgan fingerprint density at radius 2 is 1.77 bits per heavy atom. The molecule has 0 aliphatic heterocycles. The smallest absolute Gasteiger partial charge is 0.261 e. The van der Waals surface area contributed by atoms with E-state index in [4.69, 9.17) is 4.74 Å². The Bertz CT molecular complexity index is 842. The summed E-state index contributed by atoms with van der Waals surface area (Å²) in [5.41, 5.74) is 2.14. The molecule has 0 fully saturated rings. The van der Waals surface area contributed by atoms with Crippen LogP contribution in [-0.2, 0) is 22.6 Å². The Morgan fingerprint density at radius 3 is 2.37 bits per heavy atom. The van der Waals surface area contributed by atoms with Gasteiger partial charge in [0.25, 0.3) is 5.91 Å². The SMILES string of the molecule is CCc1ccc(OCC(=O)N(Cc2ccccc2)[C@@H](C)C(=O)N[C@@H](C)CC)c(Br)c1. The van der Waals surface area contributed by atoms with E-state index in [1.807, 2.05) is 62.4 Å². The first-order chi connectivity index (χ1) is 14.3. The lowest BCUT2D eigenvalue weighted by Crippen LogP contribution is -2.50. The first kappa shape index (κ1) is 23.9. The fourth-order valence-electron chi connectivity index (χ4n) is 2.93. The van der Waals surface area contributed by atoms with E-state index in [0.717, 1.165) is 22.9 Å². The molecule has 2 aromatic rings. The Balaban J connectivity index is 2.14. The molecule has 2 amide bonds. The predicted octanol–water partition coefficient (Wildman–Crippen LogP) is 4.72. The van der Waals surface area contributed by atoms with Crippen LogP contribution < -0.4 is 10.1 Å². The summed E-state index contributed by atoms with van der Waals surface area (Å²) in [5, 5.41) is 2.96. The Hall–Kier alpha value is -2.34. The number of nitrogens with zero attached hydrogens (tertiary/aromatic N) is 1. The normalized spacial score (nSPS) is 12.7. The summed E-state index contributed by atoms with van der Waals surface area (Å²) >= 11 is 3.50. The Kier molecular flexibility index (Phi) is 9.37. The predicted molar refractivity (Wildman–Crippen MR) is 123 cm³/mol. The molecular formula is C24H31BrN2O3. The molecule has 0 saturated carbocycles. The van der Waals surface area contributed by atoms with Gasteiger partial charge in [0.1, 0.15) is 11.8 Å². The number of ether oxygens (including phenoxy) is 1. The monoisotopic (exact) mass is 474 g/mol. The van der Waals surface area contributed by atoms with Gasteiger partial charge in [-0.3, -0.25) is 9.59 Å². The van der Waals surface area contributed by atoms with Gasteiger partial charge in [-0.2, -0.15) is 0 Å². The van der Waals surface area contributed by atoms with Gasteiger partial charge in [-0.05, 0) is 65.9 Å². The zero-order valence-electron chi connectivity index (χ0n) is 18.2. The van der Waals surface area contributed by atoms with Crippen molar-refractivity contribution in [2.75, 3.05) is 6.61 Å². The second-order valence-electron chi connectivity index (χ2n) is 7.41. The van der Waals surface area contributed by atoms with Gasteiger partial charge in [0.2, 0.25) is 5.91 Å². The largest absolute Gasteiger partial charge is 0.483 e. The van der Waals surface area contributed by atoms with E-state index in [1.165, 1.54) is 5.56 Å². The van der Waals surface area contributed by atoms with Gasteiger partial charge in [-0.1, -0.05) is 50.2 Å². The topological polar surface area (TPSA) is 58.6 Å². The zero-order chi connectivity index (χ0) is 22.1. The van der Waals surface area contributed by atoms with Crippen molar-refractivity contribution >= 4 is 27.7 Å². The van der Waals surface area contributed by atoms with Crippen LogP contribution in [0.5, 0.6) is 5.75 Å². The molecule has 0 aromatic heterocycles. The number of nitrogens with one attached hydrogen (secondary N) is 1. The van der Waals surface area contributed by atoms with Crippen LogP contribution in [-0.4, -0.2) is 35.4 Å². The van der Waals surface area contributed by atoms with Crippen LogP contribution in [0, 0.1) is 0 Å². The molecule has 0 aliphatic carbocycles. The highest BCUT2D eigenvalue weighted by Gasteiger charge is 2.27. The first-order valence-electron chi connectivity index (χ1n) is 10.4. The van der Waals surface area contributed by atoms with Crippen molar-refractivity contribution in [1.82, 2.24) is 10.2 Å². The van der Waals surface area contributed by atoms with Gasteiger partial charge in [0.15, 0.2) is 6.61 Å². The average Bonchev–Trinajstić information content (AvgIpc) is 2.76. The minimum absolute atomic E-state index is 0.0536. The van der Waals surface area contributed by atoms with E-state index in [-0.39, 0.29) is 24.5 Å². The van der Waals surface area contributed by atoms with Crippen molar-refractivity contribution in [3.05, 3.63) is 64.1 Å². The first-order valence-corrected chi connectivity index (χ1v) is 11.2. The summed E-state index contributed by atoms with van der Waals surface area (Å²) in [6.45, 7) is 8.00. The molecule has 1 N–H and O–H groups in total. The lowest BCUT2D eigenvalue weighted by atomic mass is 10.1. The van der Waals surface area contributed by atoms with Crippen LogP contribution >= 0.6 is 15.9 Å². The molecule has 0 radical (unpaired) electrons. The number of aryl methyl sites for hydroxylation is 1. The summed E-state index contributed by atoms with van der Waals surface area (Å²) in [6, 6.07) is 14.9. The Labute approximate surface area is 187 Å². The summed E-state index contributed by atoms with van der Waals surface area (Å²) in [4.78, 5) is 27.3. The van der Waals surface area contributed by atoms with Crippen LogP contribution in [0.4, 0.5) is 0 Å². The second kappa shape index (κ2) is 11.7. The lowest BCUT2D eigenvalue weighted by molar-refractivity contribution is -0.142. The van der Waals surface area contributed by atoms with E-state index < -0.39 is 6.04 Å². The fraction of sp³-hybridized carbons (Fsp3) is 0.417. The van der Waals surface area contributed by atoms with Crippen LogP contribution in [0.3, 0.4) is 0 Å². The molecule has 0 unspecified atom stereocenters. The maximum atomic E-state index is 13.1. The third-order valence-electron chi connectivity index (χ3n) is 5.12. The molecule has 2 atom stereocenters. The summed E-state index contributed by atoms with van der Waals surface area (Å²) in [7, 11) is 0. The maximum absolute atomic E-state index is 13.1. The molecule has 0 saturated heterocycles. The van der Waals surface area contributed by atoms with Crippen molar-refractivity contribution in [3.63, 3.8) is 0 Å². The van der Waals surface area contributed by atoms with Crippen LogP contribution in [0.2, 0.25) is 0 Å². The second-order valence-corrected chi connectivity index (χ2v) is 8.26. The van der Waals surface area contributed by atoms with Gasteiger partial charge >= 0.3 is 0 Å². The molecule has 0 heterocycles. The molecule has 0 bridgehead atoms. The maximum Gasteiger partial charge on any atom is 0.261 e. The molecule has 0 spiro atoms. The van der Waals surface area contributed by atoms with Gasteiger partial charge < -0.3 is 15.0 Å². The minimum Gasteiger partial charge on any atom is -0.483 e. The number of hydrogen-bond acceptors (Lipinski definition) is 3. The van der Waals surface area contributed by atoms with E-state index in [1.54, 1.807) is 11.8 Å². The average molecular weight is 475 g/mol. The molecule has 162 valence electrons. The third-order valence-corrected chi connectivity index (χ3v) is 5.74. The molecule has 2 rings (SSSR count). The van der Waals surface area contributed by atoms with E-state index >= 15 is 0 Å². The van der Waals surface area contributed by atoms with Crippen molar-refractivity contribution in [1.29, 1.82) is 0 Å². The van der Waals surface area contributed by atoms with Crippen molar-refractivity contribution < 1.29 is 14.3 Å². The summed E-state index contributed by atoms with van der Waals surface area (Å²) in [6.07, 6.45) is 1.75. The van der Waals surface area contributed by atoms with Crippen LogP contribution in [0.25, 0.3) is 0 Å². The molecule has 6 heteroatoms. The summed E-state index contributed by atoms with van der Waals surface area (Å²) < 4.78 is 6.59. The Morgan fingerprint density at radius 1 is 1.07 bits per heavy atom. The van der Waals surface area contributed by atoms with Gasteiger partial charge in [0, 0.05) is 12.6 Å². The minimum atomic E-state index is -0.610. The number of carbonyl (C=O) groups is 2. The standard InChI is InChI=1S/C24H31BrN2O3/c1-5-17(3)26-24(29)18(4)27(15-20-10-8-7-9-11-20)23(28)16-30-22-13-12-19(6-2)14-21(22)25/h7-14,17-18H,5-6,15-16H2,1-4H3,(H,26,29)/t17-,18-/m0/s1. The number of carbonyl (C=O) groups excluding carboxylic acids is 2. The van der Waals surface area contributed by atoms with Crippen LogP contribution in [0.1, 0.15) is 45.2 Å². The van der Waals surface area contributed by atoms with Gasteiger partial charge in [-0.25, -0.2) is 0 Å². The number of rotatable bonds is 10. The zero-order valence-corrected chi connectivity index (χ0v) is 19.7. The number of hydrogen-bond donors (Lipinski definition) is 1. The quantitative estimate of drug-likeness (QED) is 0.541. The van der Waals surface area contributed by atoms with E-state index in [0.29, 0.717) is 12.3 Å². The van der Waals surface area contributed by atoms with Crippen molar-refractivity contribution in [2.45, 2.75) is 59.2 Å². The molecule has 0 aliphatic rings. The molecule has 30 heavy (non-hydrogen) atoms.